The van der Waals surface area contributed by atoms with Crippen LogP contribution in [0.25, 0.3) is 0 Å². The summed E-state index contributed by atoms with van der Waals surface area (Å²) < 4.78 is 5.27. The zero-order valence-electron chi connectivity index (χ0n) is 15.0. The Morgan fingerprint density at radius 3 is 2.37 bits per heavy atom. The summed E-state index contributed by atoms with van der Waals surface area (Å²) in [6, 6.07) is 12.4. The molecular weight excluding hydrogens is 387 g/mol. The Balaban J connectivity index is 0.00000261. The molecule has 7 heteroatoms. The van der Waals surface area contributed by atoms with Crippen molar-refractivity contribution < 1.29 is 14.3 Å². The van der Waals surface area contributed by atoms with Gasteiger partial charge in [0, 0.05) is 30.6 Å². The average Bonchev–Trinajstić information content (AvgIpc) is 2.69. The molecule has 2 aromatic rings. The molecule has 2 aromatic carbocycles. The van der Waals surface area contributed by atoms with Gasteiger partial charge in [-0.3, -0.25) is 9.59 Å². The maximum atomic E-state index is 12.9. The highest BCUT2D eigenvalue weighted by atomic mass is 35.5. The number of likely N-dealkylation sites (tertiary alicyclic amines) is 1. The third-order valence-corrected chi connectivity index (χ3v) is 5.09. The zero-order chi connectivity index (χ0) is 18.7. The Kier molecular flexibility index (Phi) is 7.11. The summed E-state index contributed by atoms with van der Waals surface area (Å²) in [6.07, 6.45) is 1.29. The summed E-state index contributed by atoms with van der Waals surface area (Å²) in [5.74, 6) is 0.331. The molecule has 1 fully saturated rings. The first-order valence-corrected chi connectivity index (χ1v) is 8.90. The van der Waals surface area contributed by atoms with Gasteiger partial charge in [0.1, 0.15) is 5.75 Å². The van der Waals surface area contributed by atoms with Crippen molar-refractivity contribution in [2.45, 2.75) is 12.8 Å². The largest absolute Gasteiger partial charge is 0.496 e. The molecule has 0 aromatic heterocycles. The van der Waals surface area contributed by atoms with Crippen LogP contribution in [0.2, 0.25) is 5.02 Å². The molecular formula is C20H22Cl2N2O3. The number of Topliss-reactive ketones (excluding diaryl/α,β-unsaturated/α-hetero) is 1. The Bertz CT molecular complexity index is 819. The SMILES string of the molecule is COc1cc(N)c(Cl)cc1C(=O)N1CCC(C(=O)c2ccccc2)CC1.Cl. The second-order valence-corrected chi connectivity index (χ2v) is 6.78. The third kappa shape index (κ3) is 4.54. The molecule has 0 radical (unpaired) electrons. The van der Waals surface area contributed by atoms with E-state index in [9.17, 15) is 9.59 Å². The number of halogens is 2. The van der Waals surface area contributed by atoms with Crippen LogP contribution in [-0.4, -0.2) is 36.8 Å². The van der Waals surface area contributed by atoms with Crippen molar-refractivity contribution in [1.82, 2.24) is 4.90 Å². The molecule has 1 aliphatic heterocycles. The highest BCUT2D eigenvalue weighted by molar-refractivity contribution is 6.33. The van der Waals surface area contributed by atoms with Crippen LogP contribution < -0.4 is 10.5 Å². The number of carbonyl (C=O) groups excluding carboxylic acids is 2. The van der Waals surface area contributed by atoms with Crippen molar-refractivity contribution >= 4 is 41.4 Å². The Hall–Kier alpha value is -2.24. The highest BCUT2D eigenvalue weighted by Gasteiger charge is 2.29. The average molecular weight is 409 g/mol. The first kappa shape index (κ1) is 21.1. The highest BCUT2D eigenvalue weighted by Crippen LogP contribution is 2.31. The smallest absolute Gasteiger partial charge is 0.257 e. The Morgan fingerprint density at radius 1 is 1.15 bits per heavy atom. The van der Waals surface area contributed by atoms with Gasteiger partial charge < -0.3 is 15.4 Å². The monoisotopic (exact) mass is 408 g/mol. The van der Waals surface area contributed by atoms with E-state index >= 15 is 0 Å². The van der Waals surface area contributed by atoms with Crippen LogP contribution in [0.4, 0.5) is 5.69 Å². The van der Waals surface area contributed by atoms with Crippen LogP contribution in [0.1, 0.15) is 33.6 Å². The maximum Gasteiger partial charge on any atom is 0.257 e. The summed E-state index contributed by atoms with van der Waals surface area (Å²) in [5.41, 5.74) is 7.26. The van der Waals surface area contributed by atoms with E-state index in [4.69, 9.17) is 22.1 Å². The topological polar surface area (TPSA) is 72.6 Å². The van der Waals surface area contributed by atoms with Gasteiger partial charge >= 0.3 is 0 Å². The lowest BCUT2D eigenvalue weighted by Gasteiger charge is -2.31. The van der Waals surface area contributed by atoms with E-state index in [1.54, 1.807) is 17.0 Å². The maximum absolute atomic E-state index is 12.9. The second kappa shape index (κ2) is 9.11. The number of piperidine rings is 1. The summed E-state index contributed by atoms with van der Waals surface area (Å²) in [6.45, 7) is 1.04. The van der Waals surface area contributed by atoms with Crippen molar-refractivity contribution in [1.29, 1.82) is 0 Å². The fraction of sp³-hybridized carbons (Fsp3) is 0.300. The molecule has 1 saturated heterocycles. The summed E-state index contributed by atoms with van der Waals surface area (Å²) in [5, 5.41) is 0.322. The van der Waals surface area contributed by atoms with E-state index in [1.807, 2.05) is 30.3 Å². The molecule has 0 bridgehead atoms. The molecule has 0 spiro atoms. The van der Waals surface area contributed by atoms with Crippen LogP contribution in [0, 0.1) is 5.92 Å². The minimum atomic E-state index is -0.158. The summed E-state index contributed by atoms with van der Waals surface area (Å²) >= 11 is 6.06. The molecule has 1 heterocycles. The number of amides is 1. The lowest BCUT2D eigenvalue weighted by Crippen LogP contribution is -2.40. The molecule has 1 amide bonds. The standard InChI is InChI=1S/C20H21ClN2O3.ClH/c1-26-18-12-17(22)16(21)11-15(18)20(25)23-9-7-14(8-10-23)19(24)13-5-3-2-4-6-13;/h2-6,11-12,14H,7-10,22H2,1H3;1H. The normalized spacial score (nSPS) is 14.4. The minimum absolute atomic E-state index is 0. The molecule has 1 aliphatic rings. The number of hydrogen-bond acceptors (Lipinski definition) is 4. The van der Waals surface area contributed by atoms with Gasteiger partial charge in [-0.15, -0.1) is 12.4 Å². The van der Waals surface area contributed by atoms with Gasteiger partial charge in [0.15, 0.2) is 5.78 Å². The van der Waals surface area contributed by atoms with E-state index in [-0.39, 0.29) is 30.0 Å². The Labute approximate surface area is 169 Å². The van der Waals surface area contributed by atoms with Gasteiger partial charge in [0.2, 0.25) is 0 Å². The molecule has 0 saturated carbocycles. The molecule has 0 unspecified atom stereocenters. The van der Waals surface area contributed by atoms with Crippen LogP contribution in [0.3, 0.4) is 0 Å². The number of ketones is 1. The van der Waals surface area contributed by atoms with E-state index in [0.717, 1.165) is 5.56 Å². The van der Waals surface area contributed by atoms with Crippen molar-refractivity contribution in [3.63, 3.8) is 0 Å². The predicted molar refractivity (Wildman–Crippen MR) is 109 cm³/mol. The second-order valence-electron chi connectivity index (χ2n) is 6.37. The number of anilines is 1. The van der Waals surface area contributed by atoms with E-state index < -0.39 is 0 Å². The molecule has 0 aliphatic carbocycles. The van der Waals surface area contributed by atoms with E-state index in [0.29, 0.717) is 48.0 Å². The predicted octanol–water partition coefficient (Wildman–Crippen LogP) is 4.09. The van der Waals surface area contributed by atoms with Crippen LogP contribution in [-0.2, 0) is 0 Å². The zero-order valence-corrected chi connectivity index (χ0v) is 16.6. The fourth-order valence-electron chi connectivity index (χ4n) is 3.26. The number of nitrogens with two attached hydrogens (primary N) is 1. The number of hydrogen-bond donors (Lipinski definition) is 1. The van der Waals surface area contributed by atoms with Gasteiger partial charge in [-0.1, -0.05) is 41.9 Å². The van der Waals surface area contributed by atoms with Crippen LogP contribution in [0.15, 0.2) is 42.5 Å². The van der Waals surface area contributed by atoms with Gasteiger partial charge in [0.05, 0.1) is 23.4 Å². The number of carbonyl (C=O) groups is 2. The van der Waals surface area contributed by atoms with E-state index in [2.05, 4.69) is 0 Å². The van der Waals surface area contributed by atoms with Crippen LogP contribution in [0.5, 0.6) is 5.75 Å². The third-order valence-electron chi connectivity index (χ3n) is 4.76. The Morgan fingerprint density at radius 2 is 1.78 bits per heavy atom. The molecule has 5 nitrogen and oxygen atoms in total. The lowest BCUT2D eigenvalue weighted by molar-refractivity contribution is 0.0647. The number of benzene rings is 2. The van der Waals surface area contributed by atoms with Gasteiger partial charge in [-0.25, -0.2) is 0 Å². The minimum Gasteiger partial charge on any atom is -0.496 e. The number of rotatable bonds is 4. The summed E-state index contributed by atoms with van der Waals surface area (Å²) in [7, 11) is 1.49. The van der Waals surface area contributed by atoms with Crippen molar-refractivity contribution in [2.24, 2.45) is 5.92 Å². The van der Waals surface area contributed by atoms with Gasteiger partial charge in [-0.2, -0.15) is 0 Å². The molecule has 144 valence electrons. The van der Waals surface area contributed by atoms with Crippen molar-refractivity contribution in [3.8, 4) is 5.75 Å². The van der Waals surface area contributed by atoms with Gasteiger partial charge in [-0.05, 0) is 18.9 Å². The molecule has 27 heavy (non-hydrogen) atoms. The molecule has 0 atom stereocenters. The van der Waals surface area contributed by atoms with Gasteiger partial charge in [0.25, 0.3) is 5.91 Å². The fourth-order valence-corrected chi connectivity index (χ4v) is 3.42. The number of methoxy groups -OCH3 is 1. The van der Waals surface area contributed by atoms with Crippen molar-refractivity contribution in [3.05, 3.63) is 58.6 Å². The number of nitrogens with zero attached hydrogens (tertiary/aromatic N) is 1. The van der Waals surface area contributed by atoms with Crippen LogP contribution >= 0.6 is 24.0 Å². The lowest BCUT2D eigenvalue weighted by atomic mass is 9.88. The quantitative estimate of drug-likeness (QED) is 0.610. The number of ether oxygens (including phenoxy) is 1. The number of nitrogen functional groups attached to an aromatic ring is 1. The first-order valence-electron chi connectivity index (χ1n) is 8.52. The molecule has 3 rings (SSSR count). The molecule has 2 N–H and O–H groups in total. The summed E-state index contributed by atoms with van der Waals surface area (Å²) in [4.78, 5) is 27.2. The van der Waals surface area contributed by atoms with Crippen molar-refractivity contribution in [2.75, 3.05) is 25.9 Å². The first-order chi connectivity index (χ1) is 12.5. The van der Waals surface area contributed by atoms with E-state index in [1.165, 1.54) is 7.11 Å².